The fraction of sp³-hybridized carbons (Fsp3) is 0.0952. The lowest BCUT2D eigenvalue weighted by Crippen LogP contribution is -3.00. The molecule has 5 aromatic rings. The van der Waals surface area contributed by atoms with Gasteiger partial charge < -0.3 is 36.4 Å². The number of nitrogens with zero attached hydrogens (tertiary/aromatic N) is 1. The maximum atomic E-state index is 12.7. The van der Waals surface area contributed by atoms with E-state index in [9.17, 15) is 19.8 Å². The third-order valence-electron chi connectivity index (χ3n) is 4.95. The molecule has 9 heteroatoms. The molecule has 0 saturated heterocycles. The average molecular weight is 427 g/mol. The van der Waals surface area contributed by atoms with Crippen molar-refractivity contribution in [3.05, 3.63) is 56.8 Å². The van der Waals surface area contributed by atoms with Crippen molar-refractivity contribution in [1.82, 2.24) is 0 Å². The fourth-order valence-electron chi connectivity index (χ4n) is 3.46. The molecule has 0 spiro atoms. The largest absolute Gasteiger partial charge is 1.00 e. The Morgan fingerprint density at radius 1 is 0.900 bits per heavy atom. The summed E-state index contributed by atoms with van der Waals surface area (Å²) >= 11 is 0. The number of halogens is 1. The number of fused-ring (bicyclic) bond motifs is 5. The van der Waals surface area contributed by atoms with Crippen molar-refractivity contribution in [2.45, 2.75) is 0 Å². The third-order valence-corrected chi connectivity index (χ3v) is 4.95. The van der Waals surface area contributed by atoms with Gasteiger partial charge in [-0.05, 0) is 18.2 Å². The lowest BCUT2D eigenvalue weighted by molar-refractivity contribution is -0.310. The Morgan fingerprint density at radius 2 is 1.63 bits per heavy atom. The first-order chi connectivity index (χ1) is 13.8. The summed E-state index contributed by atoms with van der Waals surface area (Å²) in [6.07, 6.45) is 0. The Morgan fingerprint density at radius 3 is 2.37 bits per heavy atom. The van der Waals surface area contributed by atoms with Gasteiger partial charge in [0.2, 0.25) is 22.4 Å². The molecule has 0 aliphatic rings. The molecule has 0 atom stereocenters. The molecule has 0 fully saturated rings. The minimum absolute atomic E-state index is 0. The number of phenols is 1. The van der Waals surface area contributed by atoms with Crippen LogP contribution < -0.4 is 33.1 Å². The summed E-state index contributed by atoms with van der Waals surface area (Å²) in [5, 5.41) is 21.7. The van der Waals surface area contributed by atoms with E-state index in [2.05, 4.69) is 4.98 Å². The number of anilines is 1. The number of rotatable bonds is 1. The third kappa shape index (κ3) is 2.65. The first kappa shape index (κ1) is 19.5. The predicted octanol–water partition coefficient (Wildman–Crippen LogP) is -0.499. The van der Waals surface area contributed by atoms with Crippen LogP contribution in [0.4, 0.5) is 5.69 Å². The number of nitrogens with one attached hydrogen (secondary N) is 1. The summed E-state index contributed by atoms with van der Waals surface area (Å²) in [4.78, 5) is 29.3. The van der Waals surface area contributed by atoms with Crippen LogP contribution in [0.1, 0.15) is 0 Å². The minimum Gasteiger partial charge on any atom is -1.00 e. The Hall–Kier alpha value is -3.78. The molecule has 0 saturated carbocycles. The normalized spacial score (nSPS) is 11.3. The van der Waals surface area contributed by atoms with E-state index in [-0.39, 0.29) is 56.6 Å². The van der Waals surface area contributed by atoms with E-state index in [1.54, 1.807) is 12.1 Å². The summed E-state index contributed by atoms with van der Waals surface area (Å²) in [6, 6.07) is 9.31. The van der Waals surface area contributed by atoms with Gasteiger partial charge in [-0.25, -0.2) is 0 Å². The molecule has 30 heavy (non-hydrogen) atoms. The van der Waals surface area contributed by atoms with Gasteiger partial charge in [0.25, 0.3) is 10.9 Å². The van der Waals surface area contributed by atoms with Crippen molar-refractivity contribution in [3.63, 3.8) is 0 Å². The molecule has 2 aromatic heterocycles. The molecular formula is C21H15ClN2O6. The van der Waals surface area contributed by atoms with Crippen molar-refractivity contribution in [2.75, 3.05) is 19.0 Å². The van der Waals surface area contributed by atoms with E-state index >= 15 is 0 Å². The maximum Gasteiger partial charge on any atom is 0.267 e. The number of benzene rings is 3. The van der Waals surface area contributed by atoms with E-state index in [1.807, 2.05) is 25.1 Å². The van der Waals surface area contributed by atoms with Crippen molar-refractivity contribution >= 4 is 49.8 Å². The summed E-state index contributed by atoms with van der Waals surface area (Å²) in [5.74, 6) is -0.902. The number of hydrogen-bond acceptors (Lipinski definition) is 7. The van der Waals surface area contributed by atoms with Gasteiger partial charge in [-0.15, -0.1) is 0 Å². The van der Waals surface area contributed by atoms with E-state index in [0.717, 1.165) is 5.69 Å². The molecule has 5 rings (SSSR count). The zero-order valence-corrected chi connectivity index (χ0v) is 16.6. The smallest absolute Gasteiger partial charge is 0.267 e. The maximum absolute atomic E-state index is 12.7. The number of hydrogen-bond donors (Lipinski definition) is 2. The number of aromatic hydroxyl groups is 2. The molecule has 0 unspecified atom stereocenters. The second-order valence-corrected chi connectivity index (χ2v) is 7.00. The lowest BCUT2D eigenvalue weighted by Gasteiger charge is -2.11. The average Bonchev–Trinajstić information content (AvgIpc) is 2.70. The molecule has 3 aromatic carbocycles. The predicted molar refractivity (Wildman–Crippen MR) is 108 cm³/mol. The van der Waals surface area contributed by atoms with Crippen LogP contribution in [0.25, 0.3) is 44.1 Å². The van der Waals surface area contributed by atoms with Crippen LogP contribution in [0.3, 0.4) is 0 Å². The molecule has 0 bridgehead atoms. The highest BCUT2D eigenvalue weighted by atomic mass is 35.5. The highest BCUT2D eigenvalue weighted by Crippen LogP contribution is 2.38. The molecule has 2 heterocycles. The second-order valence-electron chi connectivity index (χ2n) is 7.00. The lowest BCUT2D eigenvalue weighted by atomic mass is 10.1. The van der Waals surface area contributed by atoms with Crippen LogP contribution in [0.5, 0.6) is 11.5 Å². The standard InChI is InChI=1S/C21H14N2O6.ClH/c1-23(2)9-3-6-12-14(7-9)29-21-16(22-12)15-17(25)11-5-4-10(24)8-13(11)28-20(15)18(26)19(21)27;/h3-8,25,27H,1-2H3;1H. The zero-order valence-electron chi connectivity index (χ0n) is 15.8. The molecule has 152 valence electrons. The summed E-state index contributed by atoms with van der Waals surface area (Å²) < 4.78 is 11.4. The molecule has 0 aliphatic heterocycles. The SMILES string of the molecule is CN(C)c1ccc2[nH+]c3c(oc2c1)c(O)c(=O)c1oc2cc(=O)ccc2c(O)c13.[Cl-]. The highest BCUT2D eigenvalue weighted by molar-refractivity contribution is 6.11. The quantitative estimate of drug-likeness (QED) is 0.274. The van der Waals surface area contributed by atoms with Gasteiger partial charge in [0.1, 0.15) is 16.7 Å². The van der Waals surface area contributed by atoms with E-state index < -0.39 is 11.2 Å². The zero-order chi connectivity index (χ0) is 20.4. The van der Waals surface area contributed by atoms with Gasteiger partial charge in [-0.1, -0.05) is 0 Å². The van der Waals surface area contributed by atoms with Crippen LogP contribution in [0, 0.1) is 0 Å². The van der Waals surface area contributed by atoms with Crippen LogP contribution in [-0.4, -0.2) is 24.3 Å². The fourth-order valence-corrected chi connectivity index (χ4v) is 3.46. The Kier molecular flexibility index (Phi) is 4.32. The Labute approximate surface area is 174 Å². The topological polar surface area (TPSA) is 118 Å². The van der Waals surface area contributed by atoms with Crippen LogP contribution in [-0.2, 0) is 0 Å². The van der Waals surface area contributed by atoms with Crippen LogP contribution in [0.15, 0.2) is 54.8 Å². The minimum atomic E-state index is -0.846. The highest BCUT2D eigenvalue weighted by Gasteiger charge is 2.26. The van der Waals surface area contributed by atoms with Gasteiger partial charge in [-0.3, -0.25) is 9.59 Å². The second kappa shape index (κ2) is 6.64. The molecule has 8 nitrogen and oxygen atoms in total. The number of H-pyrrole nitrogens is 1. The number of phenolic OH excluding ortho intramolecular Hbond substituents is 1. The van der Waals surface area contributed by atoms with Crippen LogP contribution >= 0.6 is 0 Å². The van der Waals surface area contributed by atoms with E-state index in [1.165, 1.54) is 18.2 Å². The molecular weight excluding hydrogens is 412 g/mol. The van der Waals surface area contributed by atoms with Crippen molar-refractivity contribution in [3.8, 4) is 11.5 Å². The summed E-state index contributed by atoms with van der Waals surface area (Å²) in [5.41, 5.74) is 0.584. The Bertz CT molecular complexity index is 1600. The van der Waals surface area contributed by atoms with Gasteiger partial charge in [0.15, 0.2) is 11.0 Å². The van der Waals surface area contributed by atoms with Crippen LogP contribution in [0.2, 0.25) is 0 Å². The Balaban J connectivity index is 0.00000218. The van der Waals surface area contributed by atoms with Gasteiger partial charge in [0.05, 0.1) is 5.39 Å². The van der Waals surface area contributed by atoms with E-state index in [4.69, 9.17) is 8.83 Å². The first-order valence-corrected chi connectivity index (χ1v) is 8.77. The monoisotopic (exact) mass is 426 g/mol. The van der Waals surface area contributed by atoms with E-state index in [0.29, 0.717) is 11.1 Å². The number of aromatic amines is 1. The molecule has 0 radical (unpaired) electrons. The first-order valence-electron chi connectivity index (χ1n) is 8.77. The van der Waals surface area contributed by atoms with Gasteiger partial charge in [-0.2, -0.15) is 4.98 Å². The van der Waals surface area contributed by atoms with Gasteiger partial charge >= 0.3 is 0 Å². The summed E-state index contributed by atoms with van der Waals surface area (Å²) in [6.45, 7) is 0. The molecule has 0 aliphatic carbocycles. The van der Waals surface area contributed by atoms with Crippen molar-refractivity contribution in [2.24, 2.45) is 0 Å². The molecule has 0 amide bonds. The molecule has 3 N–H and O–H groups in total. The number of aromatic nitrogens is 1. The van der Waals surface area contributed by atoms with Gasteiger partial charge in [0, 0.05) is 38.0 Å². The van der Waals surface area contributed by atoms with Crippen molar-refractivity contribution in [1.29, 1.82) is 0 Å². The van der Waals surface area contributed by atoms with Crippen molar-refractivity contribution < 1.29 is 36.4 Å². The summed E-state index contributed by atoms with van der Waals surface area (Å²) in [7, 11) is 3.76.